The normalized spacial score (nSPS) is 16.0. The van der Waals surface area contributed by atoms with Gasteiger partial charge in [-0.05, 0) is 214 Å². The first-order valence-corrected chi connectivity index (χ1v) is 32.2. The minimum absolute atomic E-state index is 0.0517. The van der Waals surface area contributed by atoms with E-state index in [2.05, 4.69) is 180 Å². The van der Waals surface area contributed by atoms with Crippen LogP contribution >= 0.6 is 0 Å². The topological polar surface area (TPSA) is 144 Å². The van der Waals surface area contributed by atoms with E-state index >= 15 is 0 Å². The maximum absolute atomic E-state index is 14.1. The molecule has 4 unspecified atom stereocenters. The van der Waals surface area contributed by atoms with Gasteiger partial charge in [0.25, 0.3) is 6.43 Å². The summed E-state index contributed by atoms with van der Waals surface area (Å²) in [5, 5.41) is 1.13. The molecule has 3 aromatic carbocycles. The molecule has 2 aromatic heterocycles. The summed E-state index contributed by atoms with van der Waals surface area (Å²) in [6.07, 6.45) is 20.6. The van der Waals surface area contributed by atoms with Crippen LogP contribution in [0.3, 0.4) is 0 Å². The van der Waals surface area contributed by atoms with Crippen molar-refractivity contribution in [2.75, 3.05) is 46.8 Å². The second kappa shape index (κ2) is 38.6. The number of nitrogens with two attached hydrogens (primary N) is 4. The highest BCUT2D eigenvalue weighted by atomic mass is 19.3. The molecule has 0 spiro atoms. The summed E-state index contributed by atoms with van der Waals surface area (Å²) in [4.78, 5) is 16.1. The Bertz CT molecular complexity index is 2700. The molecule has 85 heavy (non-hydrogen) atoms. The number of benzene rings is 3. The molecule has 3 fully saturated rings. The van der Waals surface area contributed by atoms with Crippen LogP contribution in [0.25, 0.3) is 33.3 Å². The number of pyridine rings is 1. The van der Waals surface area contributed by atoms with E-state index in [4.69, 9.17) is 16.5 Å². The van der Waals surface area contributed by atoms with Crippen molar-refractivity contribution in [1.29, 1.82) is 0 Å². The lowest BCUT2D eigenvalue weighted by molar-refractivity contribution is 0.151. The molecule has 12 heteroatoms. The Kier molecular flexibility index (Phi) is 33.5. The van der Waals surface area contributed by atoms with Crippen LogP contribution in [0.2, 0.25) is 0 Å². The van der Waals surface area contributed by atoms with Crippen molar-refractivity contribution in [3.8, 4) is 22.4 Å². The average molecular weight is 1170 g/mol. The van der Waals surface area contributed by atoms with Crippen LogP contribution in [0.4, 0.5) is 8.78 Å². The lowest BCUT2D eigenvalue weighted by Gasteiger charge is -2.33. The number of aryl methyl sites for hydroxylation is 4. The van der Waals surface area contributed by atoms with Crippen molar-refractivity contribution in [3.63, 3.8) is 0 Å². The number of hydrazine groups is 1. The lowest BCUT2D eigenvalue weighted by atomic mass is 9.81. The summed E-state index contributed by atoms with van der Waals surface area (Å²) in [7, 11) is 4.31. The highest BCUT2D eigenvalue weighted by molar-refractivity contribution is 5.95. The largest absolute Gasteiger partial charge is 0.401 e. The highest BCUT2D eigenvalue weighted by Crippen LogP contribution is 2.43. The summed E-state index contributed by atoms with van der Waals surface area (Å²) in [5.41, 5.74) is 24.3. The van der Waals surface area contributed by atoms with E-state index in [1.54, 1.807) is 18.3 Å². The summed E-state index contributed by atoms with van der Waals surface area (Å²) in [6, 6.07) is 25.4. The van der Waals surface area contributed by atoms with Gasteiger partial charge >= 0.3 is 0 Å². The molecule has 10 nitrogen and oxygen atoms in total. The molecule has 5 aromatic rings. The molecular formula is C73H116F2N10. The number of nitrogens with zero attached hydrogens (tertiary/aromatic N) is 6. The Morgan fingerprint density at radius 3 is 2.06 bits per heavy atom. The number of unbranched alkanes of at least 4 members (excludes halogenated alkanes) is 4. The van der Waals surface area contributed by atoms with E-state index in [0.29, 0.717) is 18.6 Å². The van der Waals surface area contributed by atoms with Crippen molar-refractivity contribution < 1.29 is 8.78 Å². The Labute approximate surface area is 515 Å². The fourth-order valence-electron chi connectivity index (χ4n) is 12.1. The van der Waals surface area contributed by atoms with Gasteiger partial charge in [0.15, 0.2) is 0 Å². The average Bonchev–Trinajstić information content (AvgIpc) is 3.75. The summed E-state index contributed by atoms with van der Waals surface area (Å²) >= 11 is 0. The van der Waals surface area contributed by atoms with Gasteiger partial charge in [0.2, 0.25) is 0 Å². The number of halogens is 2. The number of likely N-dealkylation sites (tertiary alicyclic amines) is 1. The smallest absolute Gasteiger partial charge is 0.263 e. The van der Waals surface area contributed by atoms with Crippen molar-refractivity contribution >= 4 is 17.6 Å². The first-order chi connectivity index (χ1) is 40.7. The van der Waals surface area contributed by atoms with Gasteiger partial charge in [0, 0.05) is 79.2 Å². The number of alkyl halides is 2. The van der Waals surface area contributed by atoms with Gasteiger partial charge in [-0.2, -0.15) is 0 Å². The van der Waals surface area contributed by atoms with E-state index in [9.17, 15) is 8.78 Å². The second-order valence-electron chi connectivity index (χ2n) is 24.7. The van der Waals surface area contributed by atoms with E-state index in [1.165, 1.54) is 81.3 Å². The zero-order valence-electron chi connectivity index (χ0n) is 55.1. The third-order valence-corrected chi connectivity index (χ3v) is 17.3. The van der Waals surface area contributed by atoms with E-state index < -0.39 is 6.43 Å². The van der Waals surface area contributed by atoms with Crippen LogP contribution in [0.5, 0.6) is 0 Å². The fraction of sp³-hybridized carbons (Fsp3) is 0.562. The third-order valence-electron chi connectivity index (χ3n) is 17.3. The van der Waals surface area contributed by atoms with Crippen LogP contribution in [0.15, 0.2) is 122 Å². The Hall–Kier alpha value is -5.50. The van der Waals surface area contributed by atoms with Crippen molar-refractivity contribution in [2.45, 2.75) is 197 Å². The maximum atomic E-state index is 14.1. The minimum Gasteiger partial charge on any atom is -0.401 e. The number of aliphatic imine (C=N–C) groups is 1. The number of hydrogen-bond donors (Lipinski definition) is 4. The predicted molar refractivity (Wildman–Crippen MR) is 365 cm³/mol. The Morgan fingerprint density at radius 1 is 0.859 bits per heavy atom. The SMILES string of the molecule is C=C(N)C(C1CCCC1)N1CCC(CN(C)CC)C1.C=CCCCCCCc1cc(-c2ccc3c(c2)c(CC(C)(C)CCN=C)c(-c2cccnc2C(C)N)n3CC)cc(C(F)F)c1.C=CN(C)C(C)C1CC1.CC.Cc1ccc(C)cc1.NN. The van der Waals surface area contributed by atoms with E-state index in [1.807, 2.05) is 39.1 Å². The molecule has 4 atom stereocenters. The zero-order chi connectivity index (χ0) is 63.2. The molecule has 8 N–H and O–H groups in total. The molecular weight excluding hydrogens is 1050 g/mol. The van der Waals surface area contributed by atoms with Crippen LogP contribution < -0.4 is 23.2 Å². The molecule has 0 bridgehead atoms. The Morgan fingerprint density at radius 2 is 1.51 bits per heavy atom. The molecule has 0 amide bonds. The van der Waals surface area contributed by atoms with Crippen LogP contribution in [0.1, 0.15) is 185 Å². The summed E-state index contributed by atoms with van der Waals surface area (Å²) in [5.74, 6) is 10.5. The number of rotatable bonds is 26. The molecule has 472 valence electrons. The lowest BCUT2D eigenvalue weighted by Crippen LogP contribution is -2.42. The first-order valence-electron chi connectivity index (χ1n) is 32.2. The summed E-state index contributed by atoms with van der Waals surface area (Å²) < 4.78 is 30.6. The van der Waals surface area contributed by atoms with E-state index in [0.717, 1.165) is 132 Å². The van der Waals surface area contributed by atoms with Gasteiger partial charge in [-0.15, -0.1) is 6.58 Å². The van der Waals surface area contributed by atoms with Crippen LogP contribution in [-0.2, 0) is 19.4 Å². The zero-order valence-corrected chi connectivity index (χ0v) is 55.1. The van der Waals surface area contributed by atoms with Crippen molar-refractivity contribution in [3.05, 3.63) is 150 Å². The predicted octanol–water partition coefficient (Wildman–Crippen LogP) is 17.0. The van der Waals surface area contributed by atoms with Crippen molar-refractivity contribution in [2.24, 2.45) is 51.3 Å². The molecule has 2 aliphatic carbocycles. The van der Waals surface area contributed by atoms with Crippen LogP contribution in [-0.4, -0.2) is 89.9 Å². The molecule has 3 heterocycles. The minimum atomic E-state index is -2.52. The number of aromatic nitrogens is 2. The van der Waals surface area contributed by atoms with Crippen LogP contribution in [0, 0.1) is 37.0 Å². The molecule has 1 saturated heterocycles. The highest BCUT2D eigenvalue weighted by Gasteiger charge is 2.36. The molecule has 2 saturated carbocycles. The quantitative estimate of drug-likeness (QED) is 0.0141. The molecule has 8 rings (SSSR count). The fourth-order valence-corrected chi connectivity index (χ4v) is 12.1. The van der Waals surface area contributed by atoms with Gasteiger partial charge in [0.05, 0.1) is 17.4 Å². The maximum Gasteiger partial charge on any atom is 0.263 e. The molecule has 1 aliphatic heterocycles. The summed E-state index contributed by atoms with van der Waals surface area (Å²) in [6.45, 7) is 42.9. The number of hydrogen-bond acceptors (Lipinski definition) is 9. The standard InChI is InChI=1S/C39H50F2N4.C16H31N3.C8H15N.C8H10.C2H6.H4N2/c1-7-9-10-11-12-13-15-28-22-30(24-31(23-28)38(40)41)29-17-18-35-33(25-29)34(26-39(4,5)19-21-43-6)37(45(35)8-2)32-16-14-20-44-36(32)27(3)42;1-4-18(3)11-14-9-10-19(12-14)16(13(2)17)15-7-5-6-8-15;1-4-9(3)7(2)8-5-6-8;1-7-3-5-8(2)6-4-7;2*1-2/h7,14,16-18,20,22-25,27,38H,1,6,8-13,15,19,21,26,42H2,2-5H3;14-16H,2,4-12,17H2,1,3H3;4,7-8H,1,5-6H2,2-3H3;3-6H,1-2H3;1-2H3;1-2H2. The first kappa shape index (κ1) is 73.8. The van der Waals surface area contributed by atoms with Gasteiger partial charge < -0.3 is 30.8 Å². The third kappa shape index (κ3) is 23.6. The molecule has 3 aliphatic rings. The number of allylic oxidation sites excluding steroid dienone is 1. The van der Waals surface area contributed by atoms with Crippen molar-refractivity contribution in [1.82, 2.24) is 24.3 Å². The molecule has 0 radical (unpaired) electrons. The van der Waals surface area contributed by atoms with Gasteiger partial charge in [0.1, 0.15) is 0 Å². The van der Waals surface area contributed by atoms with Gasteiger partial charge in [-0.25, -0.2) is 8.78 Å². The van der Waals surface area contributed by atoms with E-state index in [-0.39, 0.29) is 17.0 Å². The second-order valence-corrected chi connectivity index (χ2v) is 24.7. The van der Waals surface area contributed by atoms with Gasteiger partial charge in [-0.3, -0.25) is 21.6 Å². The monoisotopic (exact) mass is 1170 g/mol. The Balaban J connectivity index is 0.000000381. The van der Waals surface area contributed by atoms with Gasteiger partial charge in [-0.1, -0.05) is 133 Å². The number of fused-ring (bicyclic) bond motifs is 1.